The first-order valence-electron chi connectivity index (χ1n) is 7.63. The van der Waals surface area contributed by atoms with Gasteiger partial charge >= 0.3 is 0 Å². The van der Waals surface area contributed by atoms with Crippen molar-refractivity contribution >= 4 is 17.3 Å². The average molecular weight is 291 g/mol. The Bertz CT molecular complexity index is 482. The molecule has 1 heterocycles. The molecule has 1 aliphatic heterocycles. The lowest BCUT2D eigenvalue weighted by Crippen LogP contribution is -2.39. The largest absolute Gasteiger partial charge is 0.491 e. The molecule has 0 radical (unpaired) electrons. The van der Waals surface area contributed by atoms with E-state index in [1.807, 2.05) is 30.9 Å². The molecule has 0 aliphatic carbocycles. The standard InChI is InChI=1S/C16H25N3O2/c1-12(2)21-15-9-13(17)8-14(10-15)18-11-16(20)19-6-4-3-5-7-19/h8-10,12,18H,3-7,11,17H2,1-2H3. The zero-order valence-electron chi connectivity index (χ0n) is 12.9. The Kier molecular flexibility index (Phi) is 5.31. The third kappa shape index (κ3) is 4.85. The molecular formula is C16H25N3O2. The fraction of sp³-hybridized carbons (Fsp3) is 0.562. The topological polar surface area (TPSA) is 67.6 Å². The molecule has 1 saturated heterocycles. The number of nitrogen functional groups attached to an aromatic ring is 1. The zero-order valence-corrected chi connectivity index (χ0v) is 12.9. The summed E-state index contributed by atoms with van der Waals surface area (Å²) in [6.45, 7) is 5.98. The van der Waals surface area contributed by atoms with Crippen molar-refractivity contribution in [3.05, 3.63) is 18.2 Å². The lowest BCUT2D eigenvalue weighted by Gasteiger charge is -2.27. The summed E-state index contributed by atoms with van der Waals surface area (Å²) in [6, 6.07) is 5.48. The van der Waals surface area contributed by atoms with E-state index in [1.54, 1.807) is 6.07 Å². The molecule has 1 aromatic rings. The SMILES string of the molecule is CC(C)Oc1cc(N)cc(NCC(=O)N2CCCCC2)c1. The number of carbonyl (C=O) groups is 1. The molecule has 1 amide bonds. The minimum atomic E-state index is 0.0923. The van der Waals surface area contributed by atoms with E-state index in [4.69, 9.17) is 10.5 Å². The van der Waals surface area contributed by atoms with Crippen LogP contribution >= 0.6 is 0 Å². The van der Waals surface area contributed by atoms with E-state index in [1.165, 1.54) is 6.42 Å². The van der Waals surface area contributed by atoms with Crippen molar-refractivity contribution in [3.8, 4) is 5.75 Å². The molecule has 21 heavy (non-hydrogen) atoms. The highest BCUT2D eigenvalue weighted by atomic mass is 16.5. The summed E-state index contributed by atoms with van der Waals surface area (Å²) < 4.78 is 5.64. The molecule has 0 unspecified atom stereocenters. The van der Waals surface area contributed by atoms with Gasteiger partial charge in [-0.15, -0.1) is 0 Å². The van der Waals surface area contributed by atoms with E-state index in [0.29, 0.717) is 12.2 Å². The third-order valence-electron chi connectivity index (χ3n) is 3.45. The van der Waals surface area contributed by atoms with Gasteiger partial charge in [-0.25, -0.2) is 0 Å². The number of hydrogen-bond donors (Lipinski definition) is 2. The van der Waals surface area contributed by atoms with Crippen LogP contribution in [0.2, 0.25) is 0 Å². The second-order valence-corrected chi connectivity index (χ2v) is 5.75. The Balaban J connectivity index is 1.92. The second kappa shape index (κ2) is 7.20. The van der Waals surface area contributed by atoms with Crippen LogP contribution < -0.4 is 15.8 Å². The number of nitrogens with two attached hydrogens (primary N) is 1. The lowest BCUT2D eigenvalue weighted by molar-refractivity contribution is -0.130. The van der Waals surface area contributed by atoms with E-state index >= 15 is 0 Å². The molecule has 0 aromatic heterocycles. The average Bonchev–Trinajstić information content (AvgIpc) is 2.44. The van der Waals surface area contributed by atoms with Crippen LogP contribution in [-0.2, 0) is 4.79 Å². The molecule has 0 bridgehead atoms. The first-order valence-corrected chi connectivity index (χ1v) is 7.63. The van der Waals surface area contributed by atoms with Crippen LogP contribution in [0.15, 0.2) is 18.2 Å². The van der Waals surface area contributed by atoms with Crippen molar-refractivity contribution in [2.75, 3.05) is 30.7 Å². The fourth-order valence-electron chi connectivity index (χ4n) is 2.50. The number of anilines is 2. The van der Waals surface area contributed by atoms with Gasteiger partial charge in [0.05, 0.1) is 12.6 Å². The summed E-state index contributed by atoms with van der Waals surface area (Å²) in [5, 5.41) is 3.14. The molecule has 1 fully saturated rings. The van der Waals surface area contributed by atoms with Gasteiger partial charge in [0.2, 0.25) is 5.91 Å². The first-order chi connectivity index (χ1) is 10.0. The van der Waals surface area contributed by atoms with E-state index in [0.717, 1.165) is 37.4 Å². The number of rotatable bonds is 5. The molecule has 1 aromatic carbocycles. The van der Waals surface area contributed by atoms with Crippen molar-refractivity contribution in [2.24, 2.45) is 0 Å². The highest BCUT2D eigenvalue weighted by molar-refractivity contribution is 5.81. The molecule has 0 spiro atoms. The zero-order chi connectivity index (χ0) is 15.2. The summed E-state index contributed by atoms with van der Waals surface area (Å²) in [5.74, 6) is 0.862. The van der Waals surface area contributed by atoms with Gasteiger partial charge in [0.15, 0.2) is 0 Å². The Morgan fingerprint density at radius 3 is 2.67 bits per heavy atom. The summed E-state index contributed by atoms with van der Waals surface area (Å²) >= 11 is 0. The highest BCUT2D eigenvalue weighted by Gasteiger charge is 2.16. The molecule has 0 saturated carbocycles. The van der Waals surface area contributed by atoms with Crippen LogP contribution in [0.1, 0.15) is 33.1 Å². The van der Waals surface area contributed by atoms with Gasteiger partial charge in [0, 0.05) is 36.6 Å². The number of likely N-dealkylation sites (tertiary alicyclic amines) is 1. The number of carbonyl (C=O) groups excluding carboxylic acids is 1. The molecule has 5 heteroatoms. The second-order valence-electron chi connectivity index (χ2n) is 5.75. The Morgan fingerprint density at radius 2 is 2.00 bits per heavy atom. The molecular weight excluding hydrogens is 266 g/mol. The van der Waals surface area contributed by atoms with E-state index in [-0.39, 0.29) is 12.0 Å². The summed E-state index contributed by atoms with van der Waals surface area (Å²) in [7, 11) is 0. The smallest absolute Gasteiger partial charge is 0.241 e. The summed E-state index contributed by atoms with van der Waals surface area (Å²) in [6.07, 6.45) is 3.53. The van der Waals surface area contributed by atoms with Crippen molar-refractivity contribution in [3.63, 3.8) is 0 Å². The van der Waals surface area contributed by atoms with Crippen LogP contribution in [0.25, 0.3) is 0 Å². The Labute approximate surface area is 126 Å². The number of hydrogen-bond acceptors (Lipinski definition) is 4. The van der Waals surface area contributed by atoms with Gasteiger partial charge in [0.25, 0.3) is 0 Å². The van der Waals surface area contributed by atoms with Crippen molar-refractivity contribution in [1.29, 1.82) is 0 Å². The predicted octanol–water partition coefficient (Wildman–Crippen LogP) is 2.48. The molecule has 5 nitrogen and oxygen atoms in total. The van der Waals surface area contributed by atoms with Gasteiger partial charge in [0.1, 0.15) is 5.75 Å². The van der Waals surface area contributed by atoms with Crippen LogP contribution in [0.3, 0.4) is 0 Å². The Morgan fingerprint density at radius 1 is 1.29 bits per heavy atom. The van der Waals surface area contributed by atoms with E-state index < -0.39 is 0 Å². The maximum Gasteiger partial charge on any atom is 0.241 e. The molecule has 0 atom stereocenters. The van der Waals surface area contributed by atoms with Crippen molar-refractivity contribution < 1.29 is 9.53 Å². The number of benzene rings is 1. The number of nitrogens with one attached hydrogen (secondary N) is 1. The van der Waals surface area contributed by atoms with E-state index in [2.05, 4.69) is 5.32 Å². The molecule has 116 valence electrons. The van der Waals surface area contributed by atoms with Crippen molar-refractivity contribution in [1.82, 2.24) is 4.90 Å². The minimum absolute atomic E-state index is 0.0923. The molecule has 1 aliphatic rings. The highest BCUT2D eigenvalue weighted by Crippen LogP contribution is 2.23. The monoisotopic (exact) mass is 291 g/mol. The van der Waals surface area contributed by atoms with Crippen LogP contribution in [0.4, 0.5) is 11.4 Å². The maximum atomic E-state index is 12.1. The van der Waals surface area contributed by atoms with Crippen LogP contribution in [0.5, 0.6) is 5.75 Å². The van der Waals surface area contributed by atoms with Gasteiger partial charge in [-0.1, -0.05) is 0 Å². The van der Waals surface area contributed by atoms with Gasteiger partial charge < -0.3 is 20.7 Å². The fourth-order valence-corrected chi connectivity index (χ4v) is 2.50. The van der Waals surface area contributed by atoms with E-state index in [9.17, 15) is 4.79 Å². The maximum absolute atomic E-state index is 12.1. The number of nitrogens with zero attached hydrogens (tertiary/aromatic N) is 1. The number of piperidine rings is 1. The third-order valence-corrected chi connectivity index (χ3v) is 3.45. The summed E-state index contributed by atoms with van der Waals surface area (Å²) in [5.41, 5.74) is 7.31. The predicted molar refractivity (Wildman–Crippen MR) is 85.5 cm³/mol. The molecule has 3 N–H and O–H groups in total. The minimum Gasteiger partial charge on any atom is -0.491 e. The molecule has 2 rings (SSSR count). The normalized spacial score (nSPS) is 15.1. The van der Waals surface area contributed by atoms with Gasteiger partial charge in [-0.3, -0.25) is 4.79 Å². The van der Waals surface area contributed by atoms with Crippen molar-refractivity contribution in [2.45, 2.75) is 39.2 Å². The van der Waals surface area contributed by atoms with Crippen LogP contribution in [0, 0.1) is 0 Å². The van der Waals surface area contributed by atoms with Gasteiger partial charge in [-0.2, -0.15) is 0 Å². The number of amides is 1. The number of ether oxygens (including phenoxy) is 1. The van der Waals surface area contributed by atoms with Crippen LogP contribution in [-0.4, -0.2) is 36.5 Å². The quantitative estimate of drug-likeness (QED) is 0.818. The summed E-state index contributed by atoms with van der Waals surface area (Å²) in [4.78, 5) is 14.0. The Hall–Kier alpha value is -1.91. The first kappa shape index (κ1) is 15.5. The van der Waals surface area contributed by atoms with Gasteiger partial charge in [-0.05, 0) is 39.2 Å². The lowest BCUT2D eigenvalue weighted by atomic mass is 10.1.